The number of hydrogen-bond acceptors (Lipinski definition) is 2. The zero-order chi connectivity index (χ0) is 10.1. The number of nitrogens with zero attached hydrogens (tertiary/aromatic N) is 1. The van der Waals surface area contributed by atoms with E-state index in [9.17, 15) is 0 Å². The molecule has 2 heteroatoms. The third-order valence-electron chi connectivity index (χ3n) is 1.68. The van der Waals surface area contributed by atoms with Gasteiger partial charge in [-0.15, -0.1) is 11.3 Å². The topological polar surface area (TPSA) is 12.9 Å². The van der Waals surface area contributed by atoms with Gasteiger partial charge in [-0.05, 0) is 19.3 Å². The second-order valence-corrected chi connectivity index (χ2v) is 3.88. The molecule has 0 unspecified atom stereocenters. The van der Waals surface area contributed by atoms with E-state index in [0.29, 0.717) is 0 Å². The van der Waals surface area contributed by atoms with E-state index in [2.05, 4.69) is 18.8 Å². The van der Waals surface area contributed by atoms with E-state index in [1.54, 1.807) is 0 Å². The van der Waals surface area contributed by atoms with Crippen molar-refractivity contribution in [1.82, 2.24) is 4.98 Å². The monoisotopic (exact) mass is 199 g/mol. The Labute approximate surface area is 86.2 Å². The van der Waals surface area contributed by atoms with Crippen molar-refractivity contribution < 1.29 is 0 Å². The number of aryl methyl sites for hydroxylation is 2. The van der Waals surface area contributed by atoms with Crippen LogP contribution in [0.2, 0.25) is 0 Å². The van der Waals surface area contributed by atoms with Crippen LogP contribution in [0.25, 0.3) is 0 Å². The van der Waals surface area contributed by atoms with Gasteiger partial charge in [0.05, 0.1) is 5.01 Å². The number of aromatic nitrogens is 1. The third kappa shape index (κ3) is 5.04. The first-order valence-corrected chi connectivity index (χ1v) is 6.12. The molecule has 0 saturated heterocycles. The summed E-state index contributed by atoms with van der Waals surface area (Å²) in [6, 6.07) is 0. The highest BCUT2D eigenvalue weighted by atomic mass is 32.1. The summed E-state index contributed by atoms with van der Waals surface area (Å²) in [5.74, 6) is 0. The smallest absolute Gasteiger partial charge is 0.0924 e. The molecule has 0 radical (unpaired) electrons. The largest absolute Gasteiger partial charge is 0.249 e. The molecule has 13 heavy (non-hydrogen) atoms. The van der Waals surface area contributed by atoms with Gasteiger partial charge < -0.3 is 0 Å². The highest BCUT2D eigenvalue weighted by Crippen LogP contribution is 2.15. The van der Waals surface area contributed by atoms with Crippen LogP contribution in [-0.4, -0.2) is 4.98 Å². The molecule has 1 rings (SSSR count). The van der Waals surface area contributed by atoms with Gasteiger partial charge in [-0.2, -0.15) is 0 Å². The van der Waals surface area contributed by atoms with Crippen LogP contribution >= 0.6 is 11.3 Å². The first kappa shape index (κ1) is 12.6. The van der Waals surface area contributed by atoms with Crippen molar-refractivity contribution in [2.75, 3.05) is 0 Å². The summed E-state index contributed by atoms with van der Waals surface area (Å²) in [7, 11) is 0. The number of unbranched alkanes of at least 4 members (excludes halogenated alkanes) is 1. The maximum Gasteiger partial charge on any atom is 0.0924 e. The van der Waals surface area contributed by atoms with Gasteiger partial charge in [0, 0.05) is 11.1 Å². The zero-order valence-corrected chi connectivity index (χ0v) is 10.1. The Morgan fingerprint density at radius 2 is 2.00 bits per heavy atom. The van der Waals surface area contributed by atoms with Crippen molar-refractivity contribution in [2.45, 2.75) is 53.4 Å². The number of thiazole rings is 1. The van der Waals surface area contributed by atoms with E-state index in [-0.39, 0.29) is 0 Å². The molecule has 0 amide bonds. The predicted molar refractivity (Wildman–Crippen MR) is 61.5 cm³/mol. The van der Waals surface area contributed by atoms with Gasteiger partial charge in [0.25, 0.3) is 0 Å². The van der Waals surface area contributed by atoms with Gasteiger partial charge in [0.2, 0.25) is 0 Å². The molecule has 0 aliphatic carbocycles. The van der Waals surface area contributed by atoms with Crippen molar-refractivity contribution in [1.29, 1.82) is 0 Å². The average molecular weight is 199 g/mol. The molecular weight excluding hydrogens is 178 g/mol. The molecule has 0 atom stereocenters. The molecule has 1 heterocycles. The van der Waals surface area contributed by atoms with Crippen LogP contribution in [0, 0.1) is 0 Å². The third-order valence-corrected chi connectivity index (χ3v) is 2.88. The van der Waals surface area contributed by atoms with Crippen LogP contribution in [0.4, 0.5) is 0 Å². The summed E-state index contributed by atoms with van der Waals surface area (Å²) in [5.41, 5.74) is 0. The highest BCUT2D eigenvalue weighted by molar-refractivity contribution is 7.11. The Morgan fingerprint density at radius 1 is 1.31 bits per heavy atom. The van der Waals surface area contributed by atoms with Crippen LogP contribution in [0.1, 0.15) is 50.4 Å². The highest BCUT2D eigenvalue weighted by Gasteiger charge is 1.98. The summed E-state index contributed by atoms with van der Waals surface area (Å²) < 4.78 is 0. The van der Waals surface area contributed by atoms with E-state index in [1.165, 1.54) is 29.1 Å². The van der Waals surface area contributed by atoms with E-state index in [4.69, 9.17) is 0 Å². The minimum Gasteiger partial charge on any atom is -0.249 e. The number of hydrogen-bond donors (Lipinski definition) is 0. The van der Waals surface area contributed by atoms with E-state index in [0.717, 1.165) is 6.42 Å². The summed E-state index contributed by atoms with van der Waals surface area (Å²) in [5, 5.41) is 1.27. The maximum atomic E-state index is 4.31. The summed E-state index contributed by atoms with van der Waals surface area (Å²) >= 11 is 1.86. The molecule has 76 valence electrons. The van der Waals surface area contributed by atoms with Gasteiger partial charge in [0.1, 0.15) is 0 Å². The van der Waals surface area contributed by atoms with Gasteiger partial charge in [-0.25, -0.2) is 4.98 Å². The lowest BCUT2D eigenvalue weighted by atomic mass is 10.2. The minimum atomic E-state index is 1.08. The predicted octanol–water partition coefficient (Wildman–Crippen LogP) is 4.07. The Kier molecular flexibility index (Phi) is 8.00. The van der Waals surface area contributed by atoms with Gasteiger partial charge >= 0.3 is 0 Å². The Bertz CT molecular complexity index is 206. The summed E-state index contributed by atoms with van der Waals surface area (Å²) in [4.78, 5) is 5.75. The summed E-state index contributed by atoms with van der Waals surface area (Å²) in [6.07, 6.45) is 6.90. The van der Waals surface area contributed by atoms with Crippen molar-refractivity contribution in [2.24, 2.45) is 0 Å². The molecule has 0 aliphatic rings. The Balaban J connectivity index is 0.000000671. The van der Waals surface area contributed by atoms with Crippen molar-refractivity contribution in [3.05, 3.63) is 16.1 Å². The first-order chi connectivity index (χ1) is 6.36. The van der Waals surface area contributed by atoms with Crippen LogP contribution in [0.15, 0.2) is 6.20 Å². The zero-order valence-electron chi connectivity index (χ0n) is 9.26. The minimum absolute atomic E-state index is 1.08. The molecule has 1 aromatic rings. The first-order valence-electron chi connectivity index (χ1n) is 5.30. The van der Waals surface area contributed by atoms with Gasteiger partial charge in [-0.3, -0.25) is 0 Å². The molecule has 0 saturated carbocycles. The molecule has 0 aromatic carbocycles. The Morgan fingerprint density at radius 3 is 2.46 bits per heavy atom. The fourth-order valence-electron chi connectivity index (χ4n) is 0.978. The van der Waals surface area contributed by atoms with Crippen LogP contribution < -0.4 is 0 Å². The second kappa shape index (κ2) is 8.24. The average Bonchev–Trinajstić information content (AvgIpc) is 2.65. The van der Waals surface area contributed by atoms with Crippen LogP contribution in [0.3, 0.4) is 0 Å². The van der Waals surface area contributed by atoms with E-state index in [1.807, 2.05) is 31.4 Å². The molecule has 0 bridgehead atoms. The molecule has 0 aliphatic heterocycles. The fourth-order valence-corrected chi connectivity index (χ4v) is 1.88. The van der Waals surface area contributed by atoms with Crippen LogP contribution in [0.5, 0.6) is 0 Å². The molecule has 0 N–H and O–H groups in total. The van der Waals surface area contributed by atoms with Crippen molar-refractivity contribution in [3.63, 3.8) is 0 Å². The molecular formula is C11H21NS. The molecule has 1 nitrogen and oxygen atoms in total. The Hall–Kier alpha value is -0.370. The molecule has 0 spiro atoms. The van der Waals surface area contributed by atoms with Gasteiger partial charge in [0.15, 0.2) is 0 Å². The fraction of sp³-hybridized carbons (Fsp3) is 0.727. The lowest BCUT2D eigenvalue weighted by Gasteiger charge is -1.90. The van der Waals surface area contributed by atoms with Crippen LogP contribution in [-0.2, 0) is 12.8 Å². The number of rotatable bonds is 4. The quantitative estimate of drug-likeness (QED) is 0.712. The van der Waals surface area contributed by atoms with E-state index >= 15 is 0 Å². The van der Waals surface area contributed by atoms with Crippen molar-refractivity contribution >= 4 is 11.3 Å². The lowest BCUT2D eigenvalue weighted by Crippen LogP contribution is -1.76. The standard InChI is InChI=1S/C9H15NS.C2H6/c1-3-5-6-8-7-10-9(4-2)11-8;1-2/h7H,3-6H2,1-2H3;1-2H3. The second-order valence-electron chi connectivity index (χ2n) is 2.68. The molecule has 0 fully saturated rings. The van der Waals surface area contributed by atoms with E-state index < -0.39 is 0 Å². The molecule has 1 aromatic heterocycles. The maximum absolute atomic E-state index is 4.31. The SMILES string of the molecule is CC.CCCCc1cnc(CC)s1. The lowest BCUT2D eigenvalue weighted by molar-refractivity contribution is 0.803. The normalized spacial score (nSPS) is 9.23. The van der Waals surface area contributed by atoms with Crippen molar-refractivity contribution in [3.8, 4) is 0 Å². The van der Waals surface area contributed by atoms with Gasteiger partial charge in [-0.1, -0.05) is 34.1 Å². The summed E-state index contributed by atoms with van der Waals surface area (Å²) in [6.45, 7) is 8.38.